The summed E-state index contributed by atoms with van der Waals surface area (Å²) in [6, 6.07) is 8.64. The molecule has 0 atom stereocenters. The van der Waals surface area contributed by atoms with Crippen LogP contribution in [0.5, 0.6) is 5.75 Å². The van der Waals surface area contributed by atoms with Gasteiger partial charge in [-0.3, -0.25) is 9.36 Å². The first-order valence-corrected chi connectivity index (χ1v) is 12.2. The summed E-state index contributed by atoms with van der Waals surface area (Å²) >= 11 is 1.48. The molecule has 166 valence electrons. The van der Waals surface area contributed by atoms with Gasteiger partial charge in [-0.25, -0.2) is 0 Å². The number of amides is 1. The summed E-state index contributed by atoms with van der Waals surface area (Å²) in [7, 11) is 1.65. The molecule has 0 bridgehead atoms. The molecule has 0 spiro atoms. The Morgan fingerprint density at radius 2 is 1.81 bits per heavy atom. The molecule has 1 aromatic carbocycles. The van der Waals surface area contributed by atoms with E-state index in [0.717, 1.165) is 53.9 Å². The van der Waals surface area contributed by atoms with Crippen molar-refractivity contribution in [2.45, 2.75) is 69.2 Å². The van der Waals surface area contributed by atoms with Crippen molar-refractivity contribution in [2.24, 2.45) is 5.92 Å². The smallest absolute Gasteiger partial charge is 0.233 e. The number of nitrogens with zero attached hydrogens (tertiary/aromatic N) is 4. The average molecular weight is 441 g/mol. The fourth-order valence-corrected chi connectivity index (χ4v) is 5.24. The van der Waals surface area contributed by atoms with Crippen LogP contribution >= 0.6 is 11.8 Å². The lowest BCUT2D eigenvalue weighted by atomic mass is 9.86. The Labute approximate surface area is 189 Å². The SMILES string of the molecule is C=CCn1c(SCC(=O)N(C2CCC(C)CC2)C2CC2)nnc1-c1ccc(OC)cc1. The molecule has 2 aliphatic carbocycles. The van der Waals surface area contributed by atoms with Crippen molar-refractivity contribution < 1.29 is 9.53 Å². The molecule has 0 radical (unpaired) electrons. The fourth-order valence-electron chi connectivity index (χ4n) is 4.42. The van der Waals surface area contributed by atoms with E-state index < -0.39 is 0 Å². The first-order chi connectivity index (χ1) is 15.1. The minimum absolute atomic E-state index is 0.242. The van der Waals surface area contributed by atoms with Gasteiger partial charge in [-0.2, -0.15) is 0 Å². The van der Waals surface area contributed by atoms with Crippen molar-refractivity contribution in [2.75, 3.05) is 12.9 Å². The van der Waals surface area contributed by atoms with Gasteiger partial charge < -0.3 is 9.64 Å². The van der Waals surface area contributed by atoms with Gasteiger partial charge in [0, 0.05) is 24.2 Å². The topological polar surface area (TPSA) is 60.2 Å². The second-order valence-corrected chi connectivity index (χ2v) is 9.61. The van der Waals surface area contributed by atoms with Gasteiger partial charge in [-0.15, -0.1) is 16.8 Å². The van der Waals surface area contributed by atoms with Crippen LogP contribution in [0.4, 0.5) is 0 Å². The highest BCUT2D eigenvalue weighted by Gasteiger charge is 2.38. The summed E-state index contributed by atoms with van der Waals surface area (Å²) in [4.78, 5) is 15.4. The molecule has 0 aliphatic heterocycles. The molecule has 1 heterocycles. The number of hydrogen-bond acceptors (Lipinski definition) is 5. The van der Waals surface area contributed by atoms with Gasteiger partial charge in [0.05, 0.1) is 12.9 Å². The normalized spacial score (nSPS) is 21.0. The minimum Gasteiger partial charge on any atom is -0.497 e. The van der Waals surface area contributed by atoms with Crippen molar-refractivity contribution in [3.63, 3.8) is 0 Å². The van der Waals surface area contributed by atoms with E-state index in [0.29, 0.717) is 24.4 Å². The number of ether oxygens (including phenoxy) is 1. The van der Waals surface area contributed by atoms with Crippen molar-refractivity contribution >= 4 is 17.7 Å². The van der Waals surface area contributed by atoms with Crippen LogP contribution in [0.3, 0.4) is 0 Å². The summed E-state index contributed by atoms with van der Waals surface area (Å²) in [6.07, 6.45) is 8.88. The van der Waals surface area contributed by atoms with E-state index >= 15 is 0 Å². The van der Waals surface area contributed by atoms with Gasteiger partial charge >= 0.3 is 0 Å². The molecule has 1 amide bonds. The minimum atomic E-state index is 0.242. The molecule has 0 saturated heterocycles. The van der Waals surface area contributed by atoms with E-state index in [1.54, 1.807) is 7.11 Å². The molecule has 2 aromatic rings. The first kappa shape index (κ1) is 21.9. The zero-order valence-electron chi connectivity index (χ0n) is 18.5. The van der Waals surface area contributed by atoms with Crippen LogP contribution in [0.25, 0.3) is 11.4 Å². The molecule has 2 aliphatic rings. The monoisotopic (exact) mass is 440 g/mol. The second kappa shape index (κ2) is 9.90. The number of thioether (sulfide) groups is 1. The molecule has 0 N–H and O–H groups in total. The Morgan fingerprint density at radius 3 is 2.39 bits per heavy atom. The highest BCUT2D eigenvalue weighted by atomic mass is 32.2. The first-order valence-electron chi connectivity index (χ1n) is 11.2. The second-order valence-electron chi connectivity index (χ2n) is 8.67. The third-order valence-electron chi connectivity index (χ3n) is 6.31. The van der Waals surface area contributed by atoms with Crippen molar-refractivity contribution in [1.82, 2.24) is 19.7 Å². The summed E-state index contributed by atoms with van der Waals surface area (Å²) in [5.74, 6) is 3.01. The highest BCUT2D eigenvalue weighted by Crippen LogP contribution is 2.36. The van der Waals surface area contributed by atoms with Crippen LogP contribution in [0.1, 0.15) is 45.4 Å². The highest BCUT2D eigenvalue weighted by molar-refractivity contribution is 7.99. The molecule has 1 aromatic heterocycles. The number of benzene rings is 1. The predicted molar refractivity (Wildman–Crippen MR) is 124 cm³/mol. The van der Waals surface area contributed by atoms with E-state index in [1.165, 1.54) is 24.6 Å². The summed E-state index contributed by atoms with van der Waals surface area (Å²) in [5.41, 5.74) is 0.962. The van der Waals surface area contributed by atoms with Crippen molar-refractivity contribution in [1.29, 1.82) is 0 Å². The van der Waals surface area contributed by atoms with Gasteiger partial charge in [0.1, 0.15) is 5.75 Å². The largest absolute Gasteiger partial charge is 0.497 e. The Morgan fingerprint density at radius 1 is 1.16 bits per heavy atom. The molecule has 2 fully saturated rings. The maximum atomic E-state index is 13.2. The van der Waals surface area contributed by atoms with Crippen molar-refractivity contribution in [3.05, 3.63) is 36.9 Å². The Hall–Kier alpha value is -2.28. The molecule has 7 heteroatoms. The van der Waals surface area contributed by atoms with E-state index in [4.69, 9.17) is 4.74 Å². The van der Waals surface area contributed by atoms with Crippen LogP contribution in [0.2, 0.25) is 0 Å². The zero-order chi connectivity index (χ0) is 21.8. The quantitative estimate of drug-likeness (QED) is 0.414. The Kier molecular flexibility index (Phi) is 7.00. The van der Waals surface area contributed by atoms with E-state index in [2.05, 4.69) is 28.6 Å². The van der Waals surface area contributed by atoms with Gasteiger partial charge in [-0.05, 0) is 68.7 Å². The Balaban J connectivity index is 1.46. The predicted octanol–water partition coefficient (Wildman–Crippen LogP) is 4.80. The van der Waals surface area contributed by atoms with Gasteiger partial charge in [-0.1, -0.05) is 24.8 Å². The maximum absolute atomic E-state index is 13.2. The molecule has 4 rings (SSSR count). The number of methoxy groups -OCH3 is 1. The standard InChI is InChI=1S/C24H32N4O2S/c1-4-15-27-23(18-7-13-21(30-3)14-8-18)25-26-24(27)31-16-22(29)28(20-11-12-20)19-9-5-17(2)6-10-19/h4,7-8,13-14,17,19-20H,1,5-6,9-12,15-16H2,2-3H3. The average Bonchev–Trinajstić information content (AvgIpc) is 3.54. The van der Waals surface area contributed by atoms with Crippen LogP contribution in [-0.2, 0) is 11.3 Å². The van der Waals surface area contributed by atoms with Gasteiger partial charge in [0.25, 0.3) is 0 Å². The molecular formula is C24H32N4O2S. The lowest BCUT2D eigenvalue weighted by Gasteiger charge is -2.36. The maximum Gasteiger partial charge on any atom is 0.233 e. The molecule has 31 heavy (non-hydrogen) atoms. The number of aromatic nitrogens is 3. The molecule has 6 nitrogen and oxygen atoms in total. The Bertz CT molecular complexity index is 899. The number of carbonyl (C=O) groups is 1. The van der Waals surface area contributed by atoms with Gasteiger partial charge in [0.2, 0.25) is 5.91 Å². The third-order valence-corrected chi connectivity index (χ3v) is 7.26. The van der Waals surface area contributed by atoms with E-state index in [1.807, 2.05) is 34.9 Å². The zero-order valence-corrected chi connectivity index (χ0v) is 19.3. The number of carbonyl (C=O) groups excluding carboxylic acids is 1. The lowest BCUT2D eigenvalue weighted by Crippen LogP contribution is -2.44. The van der Waals surface area contributed by atoms with Crippen molar-refractivity contribution in [3.8, 4) is 17.1 Å². The van der Waals surface area contributed by atoms with Crippen LogP contribution in [0.15, 0.2) is 42.1 Å². The fraction of sp³-hybridized carbons (Fsp3) is 0.542. The van der Waals surface area contributed by atoms with Crippen LogP contribution in [0, 0.1) is 5.92 Å². The van der Waals surface area contributed by atoms with E-state index in [9.17, 15) is 4.79 Å². The number of allylic oxidation sites excluding steroid dienone is 1. The molecular weight excluding hydrogens is 408 g/mol. The third kappa shape index (κ3) is 5.14. The number of rotatable bonds is 9. The summed E-state index contributed by atoms with van der Waals surface area (Å²) in [5, 5.41) is 9.56. The van der Waals surface area contributed by atoms with E-state index in [-0.39, 0.29) is 5.91 Å². The summed E-state index contributed by atoms with van der Waals surface area (Å²) < 4.78 is 7.27. The van der Waals surface area contributed by atoms with Crippen LogP contribution < -0.4 is 4.74 Å². The summed E-state index contributed by atoms with van der Waals surface area (Å²) in [6.45, 7) is 6.80. The van der Waals surface area contributed by atoms with Crippen LogP contribution in [-0.4, -0.2) is 50.5 Å². The lowest BCUT2D eigenvalue weighted by molar-refractivity contribution is -0.132. The molecule has 0 unspecified atom stereocenters. The number of hydrogen-bond donors (Lipinski definition) is 0. The van der Waals surface area contributed by atoms with Gasteiger partial charge in [0.15, 0.2) is 11.0 Å². The molecule has 2 saturated carbocycles.